The minimum Gasteiger partial charge on any atom is -0.391 e. The van der Waals surface area contributed by atoms with Crippen LogP contribution in [0.25, 0.3) is 0 Å². The van der Waals surface area contributed by atoms with Gasteiger partial charge in [-0.3, -0.25) is 14.4 Å². The monoisotopic (exact) mass is 312 g/mol. The van der Waals surface area contributed by atoms with Crippen molar-refractivity contribution < 1.29 is 19.5 Å². The number of rotatable bonds is 5. The number of carbonyl (C=O) groups excluding carboxylic acids is 3. The summed E-state index contributed by atoms with van der Waals surface area (Å²) >= 11 is 0. The van der Waals surface area contributed by atoms with Gasteiger partial charge < -0.3 is 26.4 Å². The van der Waals surface area contributed by atoms with Crippen LogP contribution in [-0.2, 0) is 14.4 Å². The van der Waals surface area contributed by atoms with Crippen molar-refractivity contribution in [2.75, 3.05) is 26.2 Å². The molecule has 0 saturated carbocycles. The Kier molecular flexibility index (Phi) is 5.36. The van der Waals surface area contributed by atoms with E-state index in [4.69, 9.17) is 5.73 Å². The lowest BCUT2D eigenvalue weighted by Crippen LogP contribution is -2.52. The number of likely N-dealkylation sites (tertiary alicyclic amines) is 1. The predicted molar refractivity (Wildman–Crippen MR) is 78.5 cm³/mol. The van der Waals surface area contributed by atoms with E-state index in [0.29, 0.717) is 26.1 Å². The molecule has 2 heterocycles. The van der Waals surface area contributed by atoms with E-state index in [9.17, 15) is 19.5 Å². The Morgan fingerprint density at radius 2 is 2.05 bits per heavy atom. The molecule has 2 saturated heterocycles. The zero-order chi connectivity index (χ0) is 16.3. The Balaban J connectivity index is 1.87. The van der Waals surface area contributed by atoms with Crippen molar-refractivity contribution in [2.24, 2.45) is 17.6 Å². The third kappa shape index (κ3) is 3.75. The van der Waals surface area contributed by atoms with E-state index in [1.165, 1.54) is 6.92 Å². The molecule has 0 spiro atoms. The summed E-state index contributed by atoms with van der Waals surface area (Å²) in [5, 5.41) is 15.1. The first-order chi connectivity index (χ1) is 10.4. The summed E-state index contributed by atoms with van der Waals surface area (Å²) in [5.41, 5.74) is 5.16. The first-order valence-corrected chi connectivity index (χ1v) is 7.67. The highest BCUT2D eigenvalue weighted by Gasteiger charge is 2.36. The van der Waals surface area contributed by atoms with Crippen molar-refractivity contribution >= 4 is 17.7 Å². The molecule has 124 valence electrons. The van der Waals surface area contributed by atoms with Crippen LogP contribution in [0.2, 0.25) is 0 Å². The van der Waals surface area contributed by atoms with Gasteiger partial charge in [0.05, 0.1) is 17.9 Å². The molecule has 0 aromatic carbocycles. The van der Waals surface area contributed by atoms with Crippen molar-refractivity contribution in [3.63, 3.8) is 0 Å². The molecule has 0 aliphatic carbocycles. The zero-order valence-corrected chi connectivity index (χ0v) is 12.7. The van der Waals surface area contributed by atoms with Gasteiger partial charge >= 0.3 is 0 Å². The average molecular weight is 312 g/mol. The van der Waals surface area contributed by atoms with Gasteiger partial charge in [0.25, 0.3) is 0 Å². The molecule has 4 atom stereocenters. The highest BCUT2D eigenvalue weighted by molar-refractivity contribution is 5.89. The van der Waals surface area contributed by atoms with Crippen LogP contribution in [0.1, 0.15) is 19.8 Å². The fourth-order valence-electron chi connectivity index (χ4n) is 3.00. The summed E-state index contributed by atoms with van der Waals surface area (Å²) in [7, 11) is 0. The summed E-state index contributed by atoms with van der Waals surface area (Å²) < 4.78 is 0. The average Bonchev–Trinajstić information content (AvgIpc) is 3.13. The van der Waals surface area contributed by atoms with E-state index in [1.807, 2.05) is 0 Å². The van der Waals surface area contributed by atoms with Gasteiger partial charge in [-0.1, -0.05) is 0 Å². The maximum atomic E-state index is 12.3. The molecule has 8 heteroatoms. The highest BCUT2D eigenvalue weighted by Crippen LogP contribution is 2.21. The van der Waals surface area contributed by atoms with E-state index in [-0.39, 0.29) is 23.7 Å². The Hall–Kier alpha value is -1.67. The number of hydrogen-bond donors (Lipinski definition) is 4. The molecule has 8 nitrogen and oxygen atoms in total. The Labute approximate surface area is 129 Å². The number of nitrogens with two attached hydrogens (primary N) is 1. The van der Waals surface area contributed by atoms with Gasteiger partial charge in [0, 0.05) is 19.6 Å². The van der Waals surface area contributed by atoms with Crippen molar-refractivity contribution in [2.45, 2.75) is 31.9 Å². The maximum Gasteiger partial charge on any atom is 0.242 e. The molecule has 0 bridgehead atoms. The van der Waals surface area contributed by atoms with Gasteiger partial charge in [-0.05, 0) is 26.3 Å². The summed E-state index contributed by atoms with van der Waals surface area (Å²) in [4.78, 5) is 37.4. The second kappa shape index (κ2) is 7.06. The predicted octanol–water partition coefficient (Wildman–Crippen LogP) is -2.20. The van der Waals surface area contributed by atoms with Crippen LogP contribution in [-0.4, -0.2) is 66.1 Å². The number of primary amides is 1. The minimum absolute atomic E-state index is 0.00218. The fraction of sp³-hybridized carbons (Fsp3) is 0.786. The quantitative estimate of drug-likeness (QED) is 0.458. The van der Waals surface area contributed by atoms with Crippen LogP contribution in [0, 0.1) is 11.8 Å². The van der Waals surface area contributed by atoms with Crippen molar-refractivity contribution in [3.05, 3.63) is 0 Å². The maximum absolute atomic E-state index is 12.3. The third-order valence-electron chi connectivity index (χ3n) is 4.37. The molecule has 1 unspecified atom stereocenters. The molecule has 5 N–H and O–H groups in total. The molecular formula is C14H24N4O4. The van der Waals surface area contributed by atoms with Crippen LogP contribution in [0.5, 0.6) is 0 Å². The molecule has 2 aliphatic rings. The molecule has 0 aromatic rings. The standard InChI is InChI=1S/C14H24N4O4/c1-8(19)11(12(15)20)17-13(21)10-3-5-18(7-10)14(22)9-2-4-16-6-9/h8-11,16,19H,2-7H2,1H3,(H2,15,20)(H,17,21)/t8-,9-,10?,11+/m1/s1. The summed E-state index contributed by atoms with van der Waals surface area (Å²) in [5.74, 6) is -1.39. The van der Waals surface area contributed by atoms with Crippen LogP contribution >= 0.6 is 0 Å². The molecule has 22 heavy (non-hydrogen) atoms. The summed E-state index contributed by atoms with van der Waals surface area (Å²) in [6.07, 6.45) is 0.339. The van der Waals surface area contributed by atoms with E-state index in [0.717, 1.165) is 13.0 Å². The van der Waals surface area contributed by atoms with E-state index >= 15 is 0 Å². The summed E-state index contributed by atoms with van der Waals surface area (Å²) in [6, 6.07) is -1.10. The number of hydrogen-bond acceptors (Lipinski definition) is 5. The number of aliphatic hydroxyl groups excluding tert-OH is 1. The lowest BCUT2D eigenvalue weighted by atomic mass is 10.1. The molecule has 0 radical (unpaired) electrons. The molecule has 2 fully saturated rings. The van der Waals surface area contributed by atoms with Gasteiger partial charge in [0.1, 0.15) is 6.04 Å². The van der Waals surface area contributed by atoms with E-state index < -0.39 is 18.1 Å². The number of nitrogens with zero attached hydrogens (tertiary/aromatic N) is 1. The topological polar surface area (TPSA) is 125 Å². The smallest absolute Gasteiger partial charge is 0.242 e. The fourth-order valence-corrected chi connectivity index (χ4v) is 3.00. The highest BCUT2D eigenvalue weighted by atomic mass is 16.3. The van der Waals surface area contributed by atoms with Gasteiger partial charge in [0.15, 0.2) is 0 Å². The zero-order valence-electron chi connectivity index (χ0n) is 12.7. The summed E-state index contributed by atoms with van der Waals surface area (Å²) in [6.45, 7) is 3.84. The largest absolute Gasteiger partial charge is 0.391 e. The lowest BCUT2D eigenvalue weighted by Gasteiger charge is -2.22. The normalized spacial score (nSPS) is 27.5. The number of aliphatic hydroxyl groups is 1. The van der Waals surface area contributed by atoms with Gasteiger partial charge in [-0.15, -0.1) is 0 Å². The van der Waals surface area contributed by atoms with Crippen LogP contribution < -0.4 is 16.4 Å². The molecule has 2 rings (SSSR count). The number of amides is 3. The Morgan fingerprint density at radius 1 is 1.32 bits per heavy atom. The van der Waals surface area contributed by atoms with Crippen LogP contribution in [0.15, 0.2) is 0 Å². The minimum atomic E-state index is -1.10. The molecule has 2 aliphatic heterocycles. The molecular weight excluding hydrogens is 288 g/mol. The number of carbonyl (C=O) groups is 3. The number of nitrogens with one attached hydrogen (secondary N) is 2. The van der Waals surface area contributed by atoms with Crippen LogP contribution in [0.3, 0.4) is 0 Å². The Bertz CT molecular complexity index is 448. The Morgan fingerprint density at radius 3 is 2.59 bits per heavy atom. The SMILES string of the molecule is C[C@@H](O)[C@H](NC(=O)C1CCN(C(=O)[C@@H]2CCNC2)C1)C(N)=O. The second-order valence-electron chi connectivity index (χ2n) is 6.09. The second-order valence-corrected chi connectivity index (χ2v) is 6.09. The third-order valence-corrected chi connectivity index (χ3v) is 4.37. The van der Waals surface area contributed by atoms with Gasteiger partial charge in [0.2, 0.25) is 17.7 Å². The lowest BCUT2D eigenvalue weighted by molar-refractivity contribution is -0.135. The first-order valence-electron chi connectivity index (χ1n) is 7.67. The molecule has 3 amide bonds. The van der Waals surface area contributed by atoms with Crippen LogP contribution in [0.4, 0.5) is 0 Å². The van der Waals surface area contributed by atoms with Crippen molar-refractivity contribution in [1.29, 1.82) is 0 Å². The van der Waals surface area contributed by atoms with Gasteiger partial charge in [-0.2, -0.15) is 0 Å². The van der Waals surface area contributed by atoms with Gasteiger partial charge in [-0.25, -0.2) is 0 Å². The van der Waals surface area contributed by atoms with Crippen molar-refractivity contribution in [1.82, 2.24) is 15.5 Å². The van der Waals surface area contributed by atoms with E-state index in [1.54, 1.807) is 4.90 Å². The first kappa shape index (κ1) is 16.7. The van der Waals surface area contributed by atoms with E-state index in [2.05, 4.69) is 10.6 Å². The molecule has 0 aromatic heterocycles. The van der Waals surface area contributed by atoms with Crippen molar-refractivity contribution in [3.8, 4) is 0 Å².